The van der Waals surface area contributed by atoms with Gasteiger partial charge in [-0.3, -0.25) is 0 Å². The molecule has 118 valence electrons. The number of nitrogens with zero attached hydrogens (tertiary/aromatic N) is 2. The van der Waals surface area contributed by atoms with E-state index in [9.17, 15) is 0 Å². The van der Waals surface area contributed by atoms with Crippen molar-refractivity contribution in [2.75, 3.05) is 5.09 Å². The van der Waals surface area contributed by atoms with E-state index in [4.69, 9.17) is 0 Å². The zero-order valence-corrected chi connectivity index (χ0v) is 15.9. The van der Waals surface area contributed by atoms with E-state index >= 15 is 0 Å². The monoisotopic (exact) mass is 307 g/mol. The van der Waals surface area contributed by atoms with E-state index in [0.717, 1.165) is 0 Å². The Morgan fingerprint density at radius 1 is 0.905 bits per heavy atom. The van der Waals surface area contributed by atoms with E-state index in [2.05, 4.69) is 88.4 Å². The molecule has 0 aliphatic carbocycles. The third-order valence-electron chi connectivity index (χ3n) is 3.38. The van der Waals surface area contributed by atoms with Gasteiger partial charge in [-0.25, -0.2) is 14.0 Å². The van der Waals surface area contributed by atoms with Crippen LogP contribution in [-0.2, 0) is 5.54 Å². The number of rotatable bonds is 2. The molecule has 0 saturated carbocycles. The highest BCUT2D eigenvalue weighted by Crippen LogP contribution is 2.46. The van der Waals surface area contributed by atoms with Gasteiger partial charge in [-0.05, 0) is 73.4 Å². The lowest BCUT2D eigenvalue weighted by Gasteiger charge is -2.18. The molecule has 1 heterocycles. The molecule has 0 spiro atoms. The lowest BCUT2D eigenvalue weighted by atomic mass is 10.1. The van der Waals surface area contributed by atoms with Gasteiger partial charge in [0, 0.05) is 5.54 Å². The molecule has 2 aromatic rings. The minimum Gasteiger partial charge on any atom is -0.240 e. The highest BCUT2D eigenvalue weighted by Gasteiger charge is 2.33. The SMILES string of the molecule is Cc1cc(C)c(-n2n(C(C)(C)C)p2NC(C)(C)C)c(C)c1. The summed E-state index contributed by atoms with van der Waals surface area (Å²) in [7, 11) is -0.455. The van der Waals surface area contributed by atoms with Crippen LogP contribution in [0.15, 0.2) is 12.1 Å². The Bertz CT molecular complexity index is 619. The molecule has 0 saturated heterocycles. The summed E-state index contributed by atoms with van der Waals surface area (Å²) in [6.45, 7) is 20.2. The van der Waals surface area contributed by atoms with Crippen LogP contribution in [0.3, 0.4) is 0 Å². The molecule has 1 atom stereocenters. The van der Waals surface area contributed by atoms with Gasteiger partial charge in [0.2, 0.25) is 0 Å². The summed E-state index contributed by atoms with van der Waals surface area (Å²) in [6, 6.07) is 4.57. The van der Waals surface area contributed by atoms with E-state index < -0.39 is 8.00 Å². The van der Waals surface area contributed by atoms with E-state index in [1.165, 1.54) is 22.4 Å². The highest BCUT2D eigenvalue weighted by atomic mass is 31.1. The Hall–Kier alpha value is -0.920. The zero-order chi connectivity index (χ0) is 16.2. The molecule has 1 aromatic carbocycles. The Labute approximate surface area is 130 Å². The lowest BCUT2D eigenvalue weighted by Crippen LogP contribution is -2.24. The molecule has 1 N–H and O–H groups in total. The predicted molar refractivity (Wildman–Crippen MR) is 94.8 cm³/mol. The third-order valence-corrected chi connectivity index (χ3v) is 5.96. The van der Waals surface area contributed by atoms with Crippen LogP contribution in [0.25, 0.3) is 5.69 Å². The Kier molecular flexibility index (Phi) is 3.97. The van der Waals surface area contributed by atoms with E-state index in [-0.39, 0.29) is 11.1 Å². The topological polar surface area (TPSA) is 21.9 Å². The Morgan fingerprint density at radius 3 is 1.76 bits per heavy atom. The maximum atomic E-state index is 3.78. The van der Waals surface area contributed by atoms with Crippen LogP contribution in [-0.4, -0.2) is 14.4 Å². The molecule has 0 amide bonds. The summed E-state index contributed by atoms with van der Waals surface area (Å²) in [5.41, 5.74) is 5.69. The molecule has 0 aliphatic rings. The minimum absolute atomic E-state index is 0.121. The van der Waals surface area contributed by atoms with Crippen molar-refractivity contribution in [1.82, 2.24) is 8.89 Å². The first-order valence-corrected chi connectivity index (χ1v) is 8.92. The Morgan fingerprint density at radius 2 is 1.38 bits per heavy atom. The molecule has 3 nitrogen and oxygen atoms in total. The minimum atomic E-state index is -0.455. The predicted octanol–water partition coefficient (Wildman–Crippen LogP) is 5.29. The summed E-state index contributed by atoms with van der Waals surface area (Å²) < 4.78 is 4.98. The van der Waals surface area contributed by atoms with Crippen LogP contribution in [0.5, 0.6) is 0 Å². The largest absolute Gasteiger partial charge is 0.240 e. The maximum Gasteiger partial charge on any atom is 0.141 e. The summed E-state index contributed by atoms with van der Waals surface area (Å²) in [4.78, 5) is 0. The maximum absolute atomic E-state index is 3.78. The van der Waals surface area contributed by atoms with Crippen molar-refractivity contribution in [3.05, 3.63) is 28.8 Å². The van der Waals surface area contributed by atoms with Gasteiger partial charge in [-0.2, -0.15) is 0 Å². The highest BCUT2D eigenvalue weighted by molar-refractivity contribution is 7.48. The summed E-state index contributed by atoms with van der Waals surface area (Å²) in [6.07, 6.45) is 0. The molecule has 2 rings (SSSR count). The molecule has 1 unspecified atom stereocenters. The molecule has 0 aliphatic heterocycles. The van der Waals surface area contributed by atoms with Gasteiger partial charge in [0.25, 0.3) is 0 Å². The second-order valence-corrected chi connectivity index (χ2v) is 9.71. The van der Waals surface area contributed by atoms with Crippen molar-refractivity contribution in [2.45, 2.75) is 73.4 Å². The number of nitrogens with one attached hydrogen (secondary N) is 1. The van der Waals surface area contributed by atoms with Gasteiger partial charge in [0.1, 0.15) is 8.00 Å². The summed E-state index contributed by atoms with van der Waals surface area (Å²) in [5.74, 6) is 0. The van der Waals surface area contributed by atoms with Crippen LogP contribution < -0.4 is 5.09 Å². The number of hydrogen-bond donors (Lipinski definition) is 1. The van der Waals surface area contributed by atoms with Crippen molar-refractivity contribution in [1.29, 1.82) is 0 Å². The first-order valence-electron chi connectivity index (χ1n) is 7.68. The quantitative estimate of drug-likeness (QED) is 0.800. The van der Waals surface area contributed by atoms with Gasteiger partial charge >= 0.3 is 0 Å². The van der Waals surface area contributed by atoms with Crippen molar-refractivity contribution in [2.24, 2.45) is 0 Å². The van der Waals surface area contributed by atoms with Gasteiger partial charge < -0.3 is 0 Å². The molecular formula is C17H30N3P. The van der Waals surface area contributed by atoms with Crippen molar-refractivity contribution in [3.63, 3.8) is 0 Å². The molecule has 21 heavy (non-hydrogen) atoms. The molecular weight excluding hydrogens is 277 g/mol. The number of hydrogen-bond acceptors (Lipinski definition) is 1. The second-order valence-electron chi connectivity index (χ2n) is 8.15. The summed E-state index contributed by atoms with van der Waals surface area (Å²) >= 11 is 0. The normalized spacial score (nSPS) is 14.0. The lowest BCUT2D eigenvalue weighted by molar-refractivity contribution is 0.399. The average molecular weight is 307 g/mol. The Balaban J connectivity index is 2.55. The van der Waals surface area contributed by atoms with Crippen LogP contribution >= 0.6 is 8.00 Å². The molecule has 0 radical (unpaired) electrons. The van der Waals surface area contributed by atoms with E-state index in [0.29, 0.717) is 0 Å². The molecule has 4 heteroatoms. The van der Waals surface area contributed by atoms with Gasteiger partial charge in [-0.1, -0.05) is 17.7 Å². The fourth-order valence-electron chi connectivity index (χ4n) is 2.77. The first kappa shape index (κ1) is 16.5. The fraction of sp³-hybridized carbons (Fsp3) is 0.647. The number of aryl methyl sites for hydroxylation is 3. The van der Waals surface area contributed by atoms with Gasteiger partial charge in [0.05, 0.1) is 11.2 Å². The number of aromatic nitrogens is 2. The van der Waals surface area contributed by atoms with Crippen LogP contribution in [0, 0.1) is 20.8 Å². The van der Waals surface area contributed by atoms with Crippen molar-refractivity contribution >= 4 is 8.00 Å². The zero-order valence-electron chi connectivity index (χ0n) is 15.0. The molecule has 0 fully saturated rings. The van der Waals surface area contributed by atoms with Crippen LogP contribution in [0.1, 0.15) is 58.2 Å². The van der Waals surface area contributed by atoms with Crippen molar-refractivity contribution < 1.29 is 0 Å². The average Bonchev–Trinajstić information content (AvgIpc) is 2.86. The van der Waals surface area contributed by atoms with Gasteiger partial charge in [-0.15, -0.1) is 0 Å². The third kappa shape index (κ3) is 3.46. The molecule has 1 aromatic heterocycles. The summed E-state index contributed by atoms with van der Waals surface area (Å²) in [5, 5.41) is 3.78. The van der Waals surface area contributed by atoms with E-state index in [1.54, 1.807) is 0 Å². The van der Waals surface area contributed by atoms with Gasteiger partial charge in [0.15, 0.2) is 0 Å². The smallest absolute Gasteiger partial charge is 0.141 e. The fourth-order valence-corrected chi connectivity index (χ4v) is 5.36. The number of benzene rings is 1. The van der Waals surface area contributed by atoms with E-state index in [1.807, 2.05) is 0 Å². The second kappa shape index (κ2) is 5.07. The van der Waals surface area contributed by atoms with Crippen LogP contribution in [0.2, 0.25) is 0 Å². The van der Waals surface area contributed by atoms with Crippen molar-refractivity contribution in [3.8, 4) is 5.69 Å². The first-order chi connectivity index (χ1) is 9.42. The standard InChI is InChI=1S/C17H30N3P/c1-12-10-13(2)15(14(3)11-12)19-20(17(7,8)9)21(19)18-16(4,5)6/h10-11,18H,1-9H3. The van der Waals surface area contributed by atoms with Crippen LogP contribution in [0.4, 0.5) is 0 Å². The molecule has 0 bridgehead atoms.